The van der Waals surface area contributed by atoms with E-state index in [1.807, 2.05) is 18.2 Å². The minimum atomic E-state index is -1.00. The topological polar surface area (TPSA) is 68.7 Å². The van der Waals surface area contributed by atoms with Gasteiger partial charge in [0.1, 0.15) is 12.4 Å². The normalized spacial score (nSPS) is 10.5. The Bertz CT molecular complexity index is 652. The van der Waals surface area contributed by atoms with Crippen LogP contribution in [0.5, 0.6) is 11.6 Å². The molecule has 1 aromatic carbocycles. The van der Waals surface area contributed by atoms with Crippen LogP contribution in [0.4, 0.5) is 0 Å². The Morgan fingerprint density at radius 2 is 2.10 bits per heavy atom. The van der Waals surface area contributed by atoms with Crippen LogP contribution in [0.25, 0.3) is 6.08 Å². The van der Waals surface area contributed by atoms with Crippen LogP contribution >= 0.6 is 0 Å². The molecule has 0 amide bonds. The van der Waals surface area contributed by atoms with E-state index in [4.69, 9.17) is 14.6 Å². The second-order valence-electron chi connectivity index (χ2n) is 4.17. The summed E-state index contributed by atoms with van der Waals surface area (Å²) in [5.41, 5.74) is 1.51. The number of aromatic nitrogens is 1. The lowest BCUT2D eigenvalue weighted by Gasteiger charge is -2.11. The van der Waals surface area contributed by atoms with Crippen LogP contribution in [0, 0.1) is 0 Å². The number of aliphatic carboxylic acids is 1. The maximum atomic E-state index is 10.6. The van der Waals surface area contributed by atoms with E-state index in [1.165, 1.54) is 6.08 Å². The van der Waals surface area contributed by atoms with Crippen molar-refractivity contribution in [3.05, 3.63) is 59.8 Å². The van der Waals surface area contributed by atoms with E-state index in [-0.39, 0.29) is 6.61 Å². The van der Waals surface area contributed by atoms with E-state index in [0.717, 1.165) is 11.6 Å². The van der Waals surface area contributed by atoms with E-state index in [1.54, 1.807) is 31.5 Å². The minimum absolute atomic E-state index is 0.287. The third kappa shape index (κ3) is 4.07. The molecule has 0 fully saturated rings. The molecule has 0 unspecified atom stereocenters. The lowest BCUT2D eigenvalue weighted by molar-refractivity contribution is -0.131. The molecular formula is C16H15NO4. The number of rotatable bonds is 6. The van der Waals surface area contributed by atoms with Gasteiger partial charge in [0, 0.05) is 17.8 Å². The SMILES string of the molecule is COc1ncccc1COc1ccccc1/C=C/C(=O)O. The first-order valence-electron chi connectivity index (χ1n) is 6.31. The zero-order chi connectivity index (χ0) is 15.1. The van der Waals surface area contributed by atoms with Crippen molar-refractivity contribution in [2.45, 2.75) is 6.61 Å². The number of carbonyl (C=O) groups is 1. The van der Waals surface area contributed by atoms with E-state index in [9.17, 15) is 4.79 Å². The van der Waals surface area contributed by atoms with Crippen molar-refractivity contribution < 1.29 is 19.4 Å². The average Bonchev–Trinajstić information content (AvgIpc) is 2.51. The van der Waals surface area contributed by atoms with Crippen molar-refractivity contribution in [2.75, 3.05) is 7.11 Å². The minimum Gasteiger partial charge on any atom is -0.488 e. The summed E-state index contributed by atoms with van der Waals surface area (Å²) in [5, 5.41) is 8.69. The molecular weight excluding hydrogens is 270 g/mol. The highest BCUT2D eigenvalue weighted by molar-refractivity contribution is 5.85. The Morgan fingerprint density at radius 1 is 1.29 bits per heavy atom. The second-order valence-corrected chi connectivity index (χ2v) is 4.17. The summed E-state index contributed by atoms with van der Waals surface area (Å²) in [6.45, 7) is 0.287. The largest absolute Gasteiger partial charge is 0.488 e. The van der Waals surface area contributed by atoms with Gasteiger partial charge in [0.2, 0.25) is 5.88 Å². The van der Waals surface area contributed by atoms with E-state index in [0.29, 0.717) is 17.2 Å². The molecule has 1 heterocycles. The third-order valence-electron chi connectivity index (χ3n) is 2.75. The van der Waals surface area contributed by atoms with Crippen LogP contribution in [-0.4, -0.2) is 23.2 Å². The standard InChI is InChI=1S/C16H15NO4/c1-20-16-13(6-4-10-17-16)11-21-14-7-3-2-5-12(14)8-9-15(18)19/h2-10H,11H2,1H3,(H,18,19)/b9-8+. The number of nitrogens with zero attached hydrogens (tertiary/aromatic N) is 1. The van der Waals surface area contributed by atoms with Gasteiger partial charge in [-0.3, -0.25) is 0 Å². The maximum absolute atomic E-state index is 10.6. The fourth-order valence-corrected chi connectivity index (χ4v) is 1.78. The molecule has 2 aromatic rings. The molecule has 0 radical (unpaired) electrons. The Hall–Kier alpha value is -2.82. The Labute approximate surface area is 122 Å². The van der Waals surface area contributed by atoms with Gasteiger partial charge in [-0.25, -0.2) is 9.78 Å². The number of ether oxygens (including phenoxy) is 2. The van der Waals surface area contributed by atoms with Gasteiger partial charge in [-0.1, -0.05) is 18.2 Å². The first kappa shape index (κ1) is 14.6. The van der Waals surface area contributed by atoms with Crippen LogP contribution in [0.1, 0.15) is 11.1 Å². The van der Waals surface area contributed by atoms with Gasteiger partial charge in [-0.05, 0) is 24.3 Å². The van der Waals surface area contributed by atoms with Crippen LogP contribution in [0.3, 0.4) is 0 Å². The summed E-state index contributed by atoms with van der Waals surface area (Å²) in [6.07, 6.45) is 4.22. The molecule has 5 heteroatoms. The molecule has 5 nitrogen and oxygen atoms in total. The van der Waals surface area contributed by atoms with Crippen molar-refractivity contribution in [2.24, 2.45) is 0 Å². The molecule has 0 aliphatic heterocycles. The highest BCUT2D eigenvalue weighted by Crippen LogP contribution is 2.22. The van der Waals surface area contributed by atoms with Gasteiger partial charge in [-0.2, -0.15) is 0 Å². The predicted molar refractivity (Wildman–Crippen MR) is 78.2 cm³/mol. The van der Waals surface area contributed by atoms with Gasteiger partial charge in [0.25, 0.3) is 0 Å². The molecule has 0 saturated heterocycles. The molecule has 21 heavy (non-hydrogen) atoms. The number of hydrogen-bond donors (Lipinski definition) is 1. The number of para-hydroxylation sites is 1. The van der Waals surface area contributed by atoms with Crippen LogP contribution in [0.2, 0.25) is 0 Å². The summed E-state index contributed by atoms with van der Waals surface area (Å²) < 4.78 is 10.9. The summed E-state index contributed by atoms with van der Waals surface area (Å²) in [4.78, 5) is 14.7. The summed E-state index contributed by atoms with van der Waals surface area (Å²) in [6, 6.07) is 10.9. The quantitative estimate of drug-likeness (QED) is 0.826. The average molecular weight is 285 g/mol. The Balaban J connectivity index is 2.15. The number of methoxy groups -OCH3 is 1. The monoisotopic (exact) mass is 285 g/mol. The lowest BCUT2D eigenvalue weighted by atomic mass is 10.2. The highest BCUT2D eigenvalue weighted by atomic mass is 16.5. The Morgan fingerprint density at radius 3 is 2.86 bits per heavy atom. The van der Waals surface area contributed by atoms with Gasteiger partial charge < -0.3 is 14.6 Å². The number of carboxylic acid groups (broad SMARTS) is 1. The van der Waals surface area contributed by atoms with E-state index >= 15 is 0 Å². The van der Waals surface area contributed by atoms with Crippen molar-refractivity contribution >= 4 is 12.0 Å². The van der Waals surface area contributed by atoms with Gasteiger partial charge in [-0.15, -0.1) is 0 Å². The third-order valence-corrected chi connectivity index (χ3v) is 2.75. The number of carboxylic acids is 1. The molecule has 108 valence electrons. The van der Waals surface area contributed by atoms with Gasteiger partial charge in [0.15, 0.2) is 0 Å². The van der Waals surface area contributed by atoms with Crippen molar-refractivity contribution in [3.63, 3.8) is 0 Å². The first-order valence-corrected chi connectivity index (χ1v) is 6.31. The first-order chi connectivity index (χ1) is 10.2. The second kappa shape index (κ2) is 7.09. The predicted octanol–water partition coefficient (Wildman–Crippen LogP) is 2.77. The van der Waals surface area contributed by atoms with Crippen LogP contribution < -0.4 is 9.47 Å². The van der Waals surface area contributed by atoms with Gasteiger partial charge in [0.05, 0.1) is 12.7 Å². The molecule has 1 N–H and O–H groups in total. The molecule has 0 aliphatic rings. The summed E-state index contributed by atoms with van der Waals surface area (Å²) in [7, 11) is 1.55. The lowest BCUT2D eigenvalue weighted by Crippen LogP contribution is -2.01. The fourth-order valence-electron chi connectivity index (χ4n) is 1.78. The molecule has 0 bridgehead atoms. The van der Waals surface area contributed by atoms with Crippen LogP contribution in [0.15, 0.2) is 48.7 Å². The summed E-state index contributed by atoms with van der Waals surface area (Å²) in [5.74, 6) is 0.107. The number of benzene rings is 1. The van der Waals surface area contributed by atoms with Crippen molar-refractivity contribution in [3.8, 4) is 11.6 Å². The zero-order valence-corrected chi connectivity index (χ0v) is 11.5. The zero-order valence-electron chi connectivity index (χ0n) is 11.5. The smallest absolute Gasteiger partial charge is 0.328 e. The van der Waals surface area contributed by atoms with Gasteiger partial charge >= 0.3 is 5.97 Å². The molecule has 0 saturated carbocycles. The maximum Gasteiger partial charge on any atom is 0.328 e. The highest BCUT2D eigenvalue weighted by Gasteiger charge is 2.06. The van der Waals surface area contributed by atoms with E-state index in [2.05, 4.69) is 4.98 Å². The molecule has 1 aromatic heterocycles. The van der Waals surface area contributed by atoms with Crippen molar-refractivity contribution in [1.29, 1.82) is 0 Å². The number of hydrogen-bond acceptors (Lipinski definition) is 4. The summed E-state index contributed by atoms with van der Waals surface area (Å²) >= 11 is 0. The molecule has 0 atom stereocenters. The molecule has 0 aliphatic carbocycles. The van der Waals surface area contributed by atoms with Crippen molar-refractivity contribution in [1.82, 2.24) is 4.98 Å². The molecule has 2 rings (SSSR count). The van der Waals surface area contributed by atoms with E-state index < -0.39 is 5.97 Å². The molecule has 0 spiro atoms. The fraction of sp³-hybridized carbons (Fsp3) is 0.125. The number of pyridine rings is 1. The Kier molecular flexibility index (Phi) is 4.93. The van der Waals surface area contributed by atoms with Crippen LogP contribution in [-0.2, 0) is 11.4 Å².